The van der Waals surface area contributed by atoms with Crippen LogP contribution in [0.4, 0.5) is 13.2 Å². The van der Waals surface area contributed by atoms with E-state index in [2.05, 4.69) is 10.3 Å². The van der Waals surface area contributed by atoms with Gasteiger partial charge >= 0.3 is 6.18 Å². The molecule has 2 amide bonds. The fraction of sp³-hybridized carbons (Fsp3) is 0.643. The number of likely N-dealkylation sites (tertiary alicyclic amines) is 1. The number of carbonyl (C=O) groups excluding carboxylic acids is 2. The van der Waals surface area contributed by atoms with Gasteiger partial charge in [-0.3, -0.25) is 9.59 Å². The van der Waals surface area contributed by atoms with E-state index in [9.17, 15) is 22.8 Å². The topological polar surface area (TPSA) is 62.3 Å². The quantitative estimate of drug-likeness (QED) is 0.889. The molecule has 0 spiro atoms. The summed E-state index contributed by atoms with van der Waals surface area (Å²) in [6, 6.07) is -0.580. The zero-order valence-electron chi connectivity index (χ0n) is 12.7. The van der Waals surface area contributed by atoms with E-state index in [1.165, 1.54) is 4.90 Å². The molecule has 0 aliphatic carbocycles. The van der Waals surface area contributed by atoms with Gasteiger partial charge in [0.15, 0.2) is 5.69 Å². The molecule has 23 heavy (non-hydrogen) atoms. The Balaban J connectivity index is 1.97. The van der Waals surface area contributed by atoms with E-state index in [0.717, 1.165) is 29.6 Å². The summed E-state index contributed by atoms with van der Waals surface area (Å²) < 4.78 is 37.8. The van der Waals surface area contributed by atoms with E-state index >= 15 is 0 Å². The van der Waals surface area contributed by atoms with E-state index in [0.29, 0.717) is 19.4 Å². The SMILES string of the molecule is CC[C@H](NC(=O)CN1CCCCC1=O)c1nc(C(F)(F)F)cs1. The monoisotopic (exact) mass is 349 g/mol. The Kier molecular flexibility index (Phi) is 5.61. The molecule has 1 aromatic heterocycles. The summed E-state index contributed by atoms with van der Waals surface area (Å²) in [7, 11) is 0. The number of halogens is 3. The van der Waals surface area contributed by atoms with Gasteiger partial charge in [0.1, 0.15) is 5.01 Å². The third kappa shape index (κ3) is 4.66. The molecule has 5 nitrogen and oxygen atoms in total. The van der Waals surface area contributed by atoms with E-state index in [-0.39, 0.29) is 23.4 Å². The van der Waals surface area contributed by atoms with Crippen molar-refractivity contribution in [3.05, 3.63) is 16.1 Å². The maximum absolute atomic E-state index is 12.6. The smallest absolute Gasteiger partial charge is 0.345 e. The number of rotatable bonds is 5. The number of nitrogens with zero attached hydrogens (tertiary/aromatic N) is 2. The molecule has 128 valence electrons. The molecule has 0 bridgehead atoms. The number of nitrogens with one attached hydrogen (secondary N) is 1. The lowest BCUT2D eigenvalue weighted by Crippen LogP contribution is -2.43. The number of alkyl halides is 3. The van der Waals surface area contributed by atoms with Crippen LogP contribution in [0.1, 0.15) is 49.4 Å². The van der Waals surface area contributed by atoms with Gasteiger partial charge in [-0.05, 0) is 19.3 Å². The van der Waals surface area contributed by atoms with Crippen molar-refractivity contribution in [3.8, 4) is 0 Å². The highest BCUT2D eigenvalue weighted by Gasteiger charge is 2.34. The van der Waals surface area contributed by atoms with Crippen LogP contribution in [0.2, 0.25) is 0 Å². The van der Waals surface area contributed by atoms with Crippen LogP contribution in [0.15, 0.2) is 5.38 Å². The van der Waals surface area contributed by atoms with Crippen molar-refractivity contribution in [2.45, 2.75) is 44.8 Å². The Labute approximate surface area is 135 Å². The van der Waals surface area contributed by atoms with Crippen molar-refractivity contribution in [1.29, 1.82) is 0 Å². The lowest BCUT2D eigenvalue weighted by molar-refractivity contribution is -0.141. The van der Waals surface area contributed by atoms with E-state index in [4.69, 9.17) is 0 Å². The highest BCUT2D eigenvalue weighted by Crippen LogP contribution is 2.32. The first-order chi connectivity index (χ1) is 10.8. The lowest BCUT2D eigenvalue weighted by Gasteiger charge is -2.26. The minimum absolute atomic E-state index is 0.0620. The first-order valence-corrected chi connectivity index (χ1v) is 8.29. The third-order valence-electron chi connectivity index (χ3n) is 3.61. The van der Waals surface area contributed by atoms with Gasteiger partial charge in [0.25, 0.3) is 0 Å². The predicted octanol–water partition coefficient (Wildman–Crippen LogP) is 2.74. The Morgan fingerprint density at radius 1 is 1.48 bits per heavy atom. The van der Waals surface area contributed by atoms with Crippen LogP contribution in [0.5, 0.6) is 0 Å². The average Bonchev–Trinajstić information content (AvgIpc) is 2.97. The highest BCUT2D eigenvalue weighted by atomic mass is 32.1. The summed E-state index contributed by atoms with van der Waals surface area (Å²) in [4.78, 5) is 28.8. The van der Waals surface area contributed by atoms with Crippen LogP contribution < -0.4 is 5.32 Å². The van der Waals surface area contributed by atoms with Gasteiger partial charge in [-0.25, -0.2) is 4.98 Å². The second-order valence-electron chi connectivity index (χ2n) is 5.37. The number of amides is 2. The molecule has 1 saturated heterocycles. The highest BCUT2D eigenvalue weighted by molar-refractivity contribution is 7.09. The minimum atomic E-state index is -4.49. The molecule has 0 aromatic carbocycles. The van der Waals surface area contributed by atoms with Crippen molar-refractivity contribution in [2.75, 3.05) is 13.1 Å². The predicted molar refractivity (Wildman–Crippen MR) is 78.7 cm³/mol. The molecule has 1 aliphatic rings. The molecule has 2 heterocycles. The van der Waals surface area contributed by atoms with Crippen molar-refractivity contribution >= 4 is 23.2 Å². The third-order valence-corrected chi connectivity index (χ3v) is 4.57. The standard InChI is InChI=1S/C14H18F3N3O2S/c1-2-9(13-19-10(8-23-13)14(15,16)17)18-11(21)7-20-6-4-3-5-12(20)22/h8-9H,2-7H2,1H3,(H,18,21)/t9-/m0/s1. The molecule has 0 radical (unpaired) electrons. The Morgan fingerprint density at radius 3 is 2.78 bits per heavy atom. The minimum Gasteiger partial charge on any atom is -0.345 e. The second-order valence-corrected chi connectivity index (χ2v) is 6.26. The molecule has 1 aromatic rings. The molecule has 1 atom stereocenters. The van der Waals surface area contributed by atoms with Crippen molar-refractivity contribution < 1.29 is 22.8 Å². The summed E-state index contributed by atoms with van der Waals surface area (Å²) in [5.41, 5.74) is -0.948. The maximum atomic E-state index is 12.6. The van der Waals surface area contributed by atoms with Crippen LogP contribution in [-0.2, 0) is 15.8 Å². The van der Waals surface area contributed by atoms with Gasteiger partial charge in [0.05, 0.1) is 12.6 Å². The van der Waals surface area contributed by atoms with Gasteiger partial charge in [0, 0.05) is 18.3 Å². The van der Waals surface area contributed by atoms with Gasteiger partial charge in [-0.1, -0.05) is 6.92 Å². The molecule has 9 heteroatoms. The van der Waals surface area contributed by atoms with Crippen LogP contribution in [0.3, 0.4) is 0 Å². The zero-order chi connectivity index (χ0) is 17.0. The Hall–Kier alpha value is -1.64. The fourth-order valence-electron chi connectivity index (χ4n) is 2.36. The van der Waals surface area contributed by atoms with Crippen molar-refractivity contribution in [3.63, 3.8) is 0 Å². The fourth-order valence-corrected chi connectivity index (χ4v) is 3.32. The molecule has 1 N–H and O–H groups in total. The van der Waals surface area contributed by atoms with Crippen molar-refractivity contribution in [2.24, 2.45) is 0 Å². The summed E-state index contributed by atoms with van der Waals surface area (Å²) in [6.45, 7) is 2.23. The Morgan fingerprint density at radius 2 is 2.22 bits per heavy atom. The summed E-state index contributed by atoms with van der Waals surface area (Å²) in [6.07, 6.45) is -1.95. The molecule has 0 unspecified atom stereocenters. The number of piperidine rings is 1. The van der Waals surface area contributed by atoms with E-state index in [1.807, 2.05) is 0 Å². The van der Waals surface area contributed by atoms with Gasteiger partial charge in [-0.2, -0.15) is 13.2 Å². The summed E-state index contributed by atoms with van der Waals surface area (Å²) in [5.74, 6) is -0.441. The number of aromatic nitrogens is 1. The van der Waals surface area contributed by atoms with Crippen molar-refractivity contribution in [1.82, 2.24) is 15.2 Å². The molecular weight excluding hydrogens is 331 g/mol. The Bertz CT molecular complexity index is 574. The maximum Gasteiger partial charge on any atom is 0.434 e. The summed E-state index contributed by atoms with van der Waals surface area (Å²) in [5, 5.41) is 3.83. The van der Waals surface area contributed by atoms with Gasteiger partial charge in [0.2, 0.25) is 11.8 Å². The number of hydrogen-bond donors (Lipinski definition) is 1. The lowest BCUT2D eigenvalue weighted by atomic mass is 10.1. The second kappa shape index (κ2) is 7.29. The zero-order valence-corrected chi connectivity index (χ0v) is 13.5. The van der Waals surface area contributed by atoms with Gasteiger partial charge in [-0.15, -0.1) is 11.3 Å². The first kappa shape index (κ1) is 17.7. The van der Waals surface area contributed by atoms with Crippen LogP contribution in [0, 0.1) is 0 Å². The molecule has 2 rings (SSSR count). The van der Waals surface area contributed by atoms with E-state index < -0.39 is 17.9 Å². The summed E-state index contributed by atoms with van der Waals surface area (Å²) >= 11 is 0.871. The van der Waals surface area contributed by atoms with E-state index in [1.54, 1.807) is 6.92 Å². The molecule has 1 aliphatic heterocycles. The normalized spacial score (nSPS) is 17.2. The number of carbonyl (C=O) groups is 2. The molecular formula is C14H18F3N3O2S. The first-order valence-electron chi connectivity index (χ1n) is 7.41. The largest absolute Gasteiger partial charge is 0.434 e. The number of hydrogen-bond acceptors (Lipinski definition) is 4. The average molecular weight is 349 g/mol. The van der Waals surface area contributed by atoms with Gasteiger partial charge < -0.3 is 10.2 Å². The molecule has 1 fully saturated rings. The number of thiazole rings is 1. The van der Waals surface area contributed by atoms with Crippen LogP contribution in [0.25, 0.3) is 0 Å². The van der Waals surface area contributed by atoms with Crippen LogP contribution in [-0.4, -0.2) is 34.8 Å². The van der Waals surface area contributed by atoms with Crippen LogP contribution >= 0.6 is 11.3 Å². The molecule has 0 saturated carbocycles.